The highest BCUT2D eigenvalue weighted by atomic mass is 35.5. The fourth-order valence-corrected chi connectivity index (χ4v) is 2.76. The SMILES string of the molecule is CC(C)(C)OC(=O)N1CCC(Oc2cccc(C(F)(F)F)c2Cl)CC1. The van der Waals surface area contributed by atoms with Crippen molar-refractivity contribution in [2.45, 2.75) is 51.5 Å². The summed E-state index contributed by atoms with van der Waals surface area (Å²) in [4.78, 5) is 13.6. The van der Waals surface area contributed by atoms with E-state index >= 15 is 0 Å². The molecule has 0 bridgehead atoms. The fraction of sp³-hybridized carbons (Fsp3) is 0.588. The number of halogens is 4. The van der Waals surface area contributed by atoms with Gasteiger partial charge in [-0.25, -0.2) is 4.79 Å². The van der Waals surface area contributed by atoms with Crippen LogP contribution in [0, 0.1) is 0 Å². The van der Waals surface area contributed by atoms with E-state index in [1.165, 1.54) is 12.1 Å². The van der Waals surface area contributed by atoms with Gasteiger partial charge in [-0.05, 0) is 32.9 Å². The molecule has 0 radical (unpaired) electrons. The maximum absolute atomic E-state index is 12.9. The Morgan fingerprint density at radius 3 is 2.32 bits per heavy atom. The summed E-state index contributed by atoms with van der Waals surface area (Å²) in [5, 5.41) is -0.440. The third-order valence-electron chi connectivity index (χ3n) is 3.66. The van der Waals surface area contributed by atoms with Gasteiger partial charge in [0.2, 0.25) is 0 Å². The molecule has 4 nitrogen and oxygen atoms in total. The van der Waals surface area contributed by atoms with Gasteiger partial charge < -0.3 is 14.4 Å². The molecule has 0 atom stereocenters. The number of hydrogen-bond donors (Lipinski definition) is 0. The molecule has 1 aliphatic heterocycles. The minimum absolute atomic E-state index is 0.00668. The van der Waals surface area contributed by atoms with Crippen molar-refractivity contribution in [3.05, 3.63) is 28.8 Å². The monoisotopic (exact) mass is 379 g/mol. The number of carbonyl (C=O) groups excluding carboxylic acids is 1. The minimum Gasteiger partial charge on any atom is -0.489 e. The molecule has 0 spiro atoms. The largest absolute Gasteiger partial charge is 0.489 e. The van der Waals surface area contributed by atoms with Crippen molar-refractivity contribution in [1.29, 1.82) is 0 Å². The molecule has 1 saturated heterocycles. The molecule has 0 aliphatic carbocycles. The second kappa shape index (κ2) is 7.32. The fourth-order valence-electron chi connectivity index (χ4n) is 2.48. The molecule has 25 heavy (non-hydrogen) atoms. The lowest BCUT2D eigenvalue weighted by Gasteiger charge is -2.33. The zero-order valence-electron chi connectivity index (χ0n) is 14.3. The van der Waals surface area contributed by atoms with E-state index in [0.29, 0.717) is 25.9 Å². The van der Waals surface area contributed by atoms with Crippen LogP contribution in [0.2, 0.25) is 5.02 Å². The molecular formula is C17H21ClF3NO3. The Morgan fingerprint density at radius 2 is 1.80 bits per heavy atom. The smallest absolute Gasteiger partial charge is 0.417 e. The average Bonchev–Trinajstić information content (AvgIpc) is 2.47. The molecular weight excluding hydrogens is 359 g/mol. The Hall–Kier alpha value is -1.63. The summed E-state index contributed by atoms with van der Waals surface area (Å²) in [5.74, 6) is 0.00668. The standard InChI is InChI=1S/C17H21ClF3NO3/c1-16(2,3)25-15(23)22-9-7-11(8-10-22)24-13-6-4-5-12(14(13)18)17(19,20)21/h4-6,11H,7-10H2,1-3H3. The molecule has 1 heterocycles. The highest BCUT2D eigenvalue weighted by Gasteiger charge is 2.35. The molecule has 0 saturated carbocycles. The molecule has 1 fully saturated rings. The predicted molar refractivity (Wildman–Crippen MR) is 87.9 cm³/mol. The third-order valence-corrected chi connectivity index (χ3v) is 4.05. The van der Waals surface area contributed by atoms with Crippen LogP contribution in [0.1, 0.15) is 39.2 Å². The van der Waals surface area contributed by atoms with E-state index in [9.17, 15) is 18.0 Å². The highest BCUT2D eigenvalue weighted by Crippen LogP contribution is 2.39. The van der Waals surface area contributed by atoms with Gasteiger partial charge in [0.25, 0.3) is 0 Å². The van der Waals surface area contributed by atoms with Crippen LogP contribution in [0.5, 0.6) is 5.75 Å². The first-order chi connectivity index (χ1) is 11.5. The van der Waals surface area contributed by atoms with Gasteiger partial charge in [-0.3, -0.25) is 0 Å². The summed E-state index contributed by atoms with van der Waals surface area (Å²) in [6.07, 6.45) is -4.25. The van der Waals surface area contributed by atoms with Crippen molar-refractivity contribution in [3.8, 4) is 5.75 Å². The molecule has 0 aromatic heterocycles. The maximum atomic E-state index is 12.9. The first-order valence-corrected chi connectivity index (χ1v) is 8.35. The van der Waals surface area contributed by atoms with Crippen molar-refractivity contribution in [3.63, 3.8) is 0 Å². The number of alkyl halides is 3. The Balaban J connectivity index is 1.96. The van der Waals surface area contributed by atoms with Gasteiger partial charge in [0, 0.05) is 25.9 Å². The van der Waals surface area contributed by atoms with Crippen LogP contribution in [0.15, 0.2) is 18.2 Å². The van der Waals surface area contributed by atoms with Gasteiger partial charge in [0.05, 0.1) is 10.6 Å². The van der Waals surface area contributed by atoms with Crippen LogP contribution in [0.4, 0.5) is 18.0 Å². The van der Waals surface area contributed by atoms with Crippen molar-refractivity contribution >= 4 is 17.7 Å². The summed E-state index contributed by atoms with van der Waals surface area (Å²) in [6, 6.07) is 3.60. The number of ether oxygens (including phenoxy) is 2. The third kappa shape index (κ3) is 5.42. The molecule has 1 amide bonds. The Labute approximate surface area is 149 Å². The summed E-state index contributed by atoms with van der Waals surface area (Å²) in [5.41, 5.74) is -1.49. The maximum Gasteiger partial charge on any atom is 0.417 e. The van der Waals surface area contributed by atoms with E-state index in [4.69, 9.17) is 21.1 Å². The van der Waals surface area contributed by atoms with Crippen molar-refractivity contribution in [2.24, 2.45) is 0 Å². The van der Waals surface area contributed by atoms with Crippen molar-refractivity contribution < 1.29 is 27.4 Å². The summed E-state index contributed by atoms with van der Waals surface area (Å²) in [6.45, 7) is 6.19. The molecule has 8 heteroatoms. The molecule has 140 valence electrons. The molecule has 1 aliphatic rings. The summed E-state index contributed by atoms with van der Waals surface area (Å²) in [7, 11) is 0. The van der Waals surface area contributed by atoms with Crippen LogP contribution < -0.4 is 4.74 Å². The zero-order chi connectivity index (χ0) is 18.8. The van der Waals surface area contributed by atoms with Gasteiger partial charge in [0.15, 0.2) is 0 Å². The van der Waals surface area contributed by atoms with Crippen LogP contribution in [0.25, 0.3) is 0 Å². The molecule has 0 unspecified atom stereocenters. The average molecular weight is 380 g/mol. The zero-order valence-corrected chi connectivity index (χ0v) is 15.1. The van der Waals surface area contributed by atoms with Crippen molar-refractivity contribution in [1.82, 2.24) is 4.90 Å². The Kier molecular flexibility index (Phi) is 5.76. The first-order valence-electron chi connectivity index (χ1n) is 7.97. The number of benzene rings is 1. The number of hydrogen-bond acceptors (Lipinski definition) is 3. The summed E-state index contributed by atoms with van der Waals surface area (Å²) >= 11 is 5.83. The molecule has 2 rings (SSSR count). The molecule has 1 aromatic carbocycles. The normalized spacial score (nSPS) is 16.7. The second-order valence-electron chi connectivity index (χ2n) is 6.90. The lowest BCUT2D eigenvalue weighted by Crippen LogP contribution is -2.44. The van der Waals surface area contributed by atoms with Crippen LogP contribution >= 0.6 is 11.6 Å². The van der Waals surface area contributed by atoms with E-state index in [1.807, 2.05) is 0 Å². The van der Waals surface area contributed by atoms with Crippen LogP contribution in [-0.4, -0.2) is 35.8 Å². The number of piperidine rings is 1. The van der Waals surface area contributed by atoms with Gasteiger partial charge in [-0.1, -0.05) is 17.7 Å². The number of carbonyl (C=O) groups is 1. The quantitative estimate of drug-likeness (QED) is 0.714. The van der Waals surface area contributed by atoms with Crippen molar-refractivity contribution in [2.75, 3.05) is 13.1 Å². The van der Waals surface area contributed by atoms with Gasteiger partial charge >= 0.3 is 12.3 Å². The molecule has 1 aromatic rings. The lowest BCUT2D eigenvalue weighted by molar-refractivity contribution is -0.137. The van der Waals surface area contributed by atoms with E-state index < -0.39 is 28.5 Å². The Morgan fingerprint density at radius 1 is 1.20 bits per heavy atom. The molecule has 0 N–H and O–H groups in total. The van der Waals surface area contributed by atoms with E-state index in [0.717, 1.165) is 6.07 Å². The van der Waals surface area contributed by atoms with E-state index in [-0.39, 0.29) is 11.9 Å². The lowest BCUT2D eigenvalue weighted by atomic mass is 10.1. The van der Waals surface area contributed by atoms with Gasteiger partial charge in [-0.2, -0.15) is 13.2 Å². The predicted octanol–water partition coefficient (Wildman–Crippen LogP) is 5.14. The summed E-state index contributed by atoms with van der Waals surface area (Å²) < 4.78 is 49.6. The minimum atomic E-state index is -4.53. The van der Waals surface area contributed by atoms with Gasteiger partial charge in [0.1, 0.15) is 17.5 Å². The number of amides is 1. The van der Waals surface area contributed by atoms with Crippen LogP contribution in [0.3, 0.4) is 0 Å². The van der Waals surface area contributed by atoms with E-state index in [2.05, 4.69) is 0 Å². The van der Waals surface area contributed by atoms with Gasteiger partial charge in [-0.15, -0.1) is 0 Å². The number of likely N-dealkylation sites (tertiary alicyclic amines) is 1. The Bertz CT molecular complexity index is 621. The first kappa shape index (κ1) is 19.7. The van der Waals surface area contributed by atoms with Crippen LogP contribution in [-0.2, 0) is 10.9 Å². The topological polar surface area (TPSA) is 38.8 Å². The number of nitrogens with zero attached hydrogens (tertiary/aromatic N) is 1. The number of rotatable bonds is 2. The highest BCUT2D eigenvalue weighted by molar-refractivity contribution is 6.32. The second-order valence-corrected chi connectivity index (χ2v) is 7.28. The van der Waals surface area contributed by atoms with E-state index in [1.54, 1.807) is 25.7 Å².